The van der Waals surface area contributed by atoms with Crippen LogP contribution < -0.4 is 5.32 Å². The minimum absolute atomic E-state index is 0.358. The van der Waals surface area contributed by atoms with Crippen LogP contribution in [0.15, 0.2) is 36.5 Å². The van der Waals surface area contributed by atoms with Gasteiger partial charge in [-0.3, -0.25) is 4.57 Å². The van der Waals surface area contributed by atoms with Crippen LogP contribution in [0.4, 0.5) is 0 Å². The first-order chi connectivity index (χ1) is 10.2. The highest BCUT2D eigenvalue weighted by molar-refractivity contribution is 5.35. The minimum Gasteiger partial charge on any atom is -0.378 e. The van der Waals surface area contributed by atoms with Crippen LogP contribution in [0.3, 0.4) is 0 Å². The Morgan fingerprint density at radius 1 is 1.33 bits per heavy atom. The van der Waals surface area contributed by atoms with Crippen LogP contribution in [-0.4, -0.2) is 28.3 Å². The molecule has 0 spiro atoms. The fourth-order valence-corrected chi connectivity index (χ4v) is 2.98. The molecule has 1 aliphatic rings. The summed E-state index contributed by atoms with van der Waals surface area (Å²) in [6.07, 6.45) is 4.50. The molecule has 0 amide bonds. The molecule has 21 heavy (non-hydrogen) atoms. The van der Waals surface area contributed by atoms with Crippen LogP contribution in [0.25, 0.3) is 5.69 Å². The van der Waals surface area contributed by atoms with Crippen LogP contribution in [0.5, 0.6) is 0 Å². The molecule has 4 nitrogen and oxygen atoms in total. The van der Waals surface area contributed by atoms with Gasteiger partial charge in [-0.2, -0.15) is 0 Å². The van der Waals surface area contributed by atoms with Crippen molar-refractivity contribution in [3.63, 3.8) is 0 Å². The summed E-state index contributed by atoms with van der Waals surface area (Å²) >= 11 is 0. The summed E-state index contributed by atoms with van der Waals surface area (Å²) in [5, 5.41) is 3.65. The van der Waals surface area contributed by atoms with E-state index in [1.807, 2.05) is 19.2 Å². The first-order valence-corrected chi connectivity index (χ1v) is 7.67. The standard InChI is InChI=1S/C17H23N3O/c1-13-10-15(8-9-21-13)19-12-17-11-18-14(2)20(17)16-6-4-3-5-7-16/h3-7,11,13,15,19H,8-10,12H2,1-2H3. The van der Waals surface area contributed by atoms with E-state index < -0.39 is 0 Å². The number of imidazole rings is 1. The van der Waals surface area contributed by atoms with Crippen molar-refractivity contribution in [1.82, 2.24) is 14.9 Å². The van der Waals surface area contributed by atoms with Gasteiger partial charge in [0.05, 0.1) is 18.0 Å². The fourth-order valence-electron chi connectivity index (χ4n) is 2.98. The molecule has 1 saturated heterocycles. The summed E-state index contributed by atoms with van der Waals surface area (Å²) < 4.78 is 7.82. The number of aryl methyl sites for hydroxylation is 1. The van der Waals surface area contributed by atoms with E-state index in [0.29, 0.717) is 12.1 Å². The van der Waals surface area contributed by atoms with Gasteiger partial charge in [-0.1, -0.05) is 18.2 Å². The smallest absolute Gasteiger partial charge is 0.110 e. The van der Waals surface area contributed by atoms with Gasteiger partial charge in [0, 0.05) is 24.9 Å². The number of benzene rings is 1. The van der Waals surface area contributed by atoms with Crippen LogP contribution >= 0.6 is 0 Å². The highest BCUT2D eigenvalue weighted by Crippen LogP contribution is 2.17. The second-order valence-corrected chi connectivity index (χ2v) is 5.75. The van der Waals surface area contributed by atoms with E-state index in [9.17, 15) is 0 Å². The fraction of sp³-hybridized carbons (Fsp3) is 0.471. The van der Waals surface area contributed by atoms with Gasteiger partial charge in [-0.25, -0.2) is 4.98 Å². The Hall–Kier alpha value is -1.65. The predicted molar refractivity (Wildman–Crippen MR) is 83.6 cm³/mol. The molecule has 0 aliphatic carbocycles. The molecule has 2 atom stereocenters. The maximum absolute atomic E-state index is 5.60. The van der Waals surface area contributed by atoms with Gasteiger partial charge in [0.2, 0.25) is 0 Å². The van der Waals surface area contributed by atoms with Crippen LogP contribution in [-0.2, 0) is 11.3 Å². The van der Waals surface area contributed by atoms with Crippen molar-refractivity contribution < 1.29 is 4.74 Å². The van der Waals surface area contributed by atoms with Crippen molar-refractivity contribution in [2.45, 2.75) is 45.4 Å². The predicted octanol–water partition coefficient (Wildman–Crippen LogP) is 2.84. The average molecular weight is 285 g/mol. The van der Waals surface area contributed by atoms with E-state index >= 15 is 0 Å². The molecule has 0 saturated carbocycles. The summed E-state index contributed by atoms with van der Waals surface area (Å²) in [5.74, 6) is 1.03. The van der Waals surface area contributed by atoms with Gasteiger partial charge in [-0.05, 0) is 38.8 Å². The number of ether oxygens (including phenoxy) is 1. The molecule has 112 valence electrons. The zero-order valence-electron chi connectivity index (χ0n) is 12.7. The van der Waals surface area contributed by atoms with Gasteiger partial charge in [0.1, 0.15) is 5.82 Å². The molecule has 1 N–H and O–H groups in total. The van der Waals surface area contributed by atoms with Crippen molar-refractivity contribution in [2.75, 3.05) is 6.61 Å². The molecule has 1 aromatic heterocycles. The SMILES string of the molecule is Cc1ncc(CNC2CCOC(C)C2)n1-c1ccccc1. The second-order valence-electron chi connectivity index (χ2n) is 5.75. The van der Waals surface area contributed by atoms with Crippen molar-refractivity contribution in [1.29, 1.82) is 0 Å². The van der Waals surface area contributed by atoms with Crippen molar-refractivity contribution in [2.24, 2.45) is 0 Å². The molecule has 2 heterocycles. The summed E-state index contributed by atoms with van der Waals surface area (Å²) in [6.45, 7) is 5.89. The van der Waals surface area contributed by atoms with Gasteiger partial charge >= 0.3 is 0 Å². The number of rotatable bonds is 4. The Labute approximate surface area is 126 Å². The quantitative estimate of drug-likeness (QED) is 0.939. The number of hydrogen-bond donors (Lipinski definition) is 1. The molecule has 0 radical (unpaired) electrons. The van der Waals surface area contributed by atoms with E-state index in [4.69, 9.17) is 4.74 Å². The summed E-state index contributed by atoms with van der Waals surface area (Å²) in [7, 11) is 0. The Morgan fingerprint density at radius 3 is 2.90 bits per heavy atom. The lowest BCUT2D eigenvalue weighted by Crippen LogP contribution is -2.37. The third-order valence-corrected chi connectivity index (χ3v) is 4.08. The van der Waals surface area contributed by atoms with Crippen LogP contribution in [0, 0.1) is 6.92 Å². The zero-order valence-corrected chi connectivity index (χ0v) is 12.7. The van der Waals surface area contributed by atoms with Crippen molar-refractivity contribution >= 4 is 0 Å². The van der Waals surface area contributed by atoms with Gasteiger partial charge in [0.15, 0.2) is 0 Å². The van der Waals surface area contributed by atoms with E-state index in [1.54, 1.807) is 0 Å². The lowest BCUT2D eigenvalue weighted by molar-refractivity contribution is 0.0130. The molecule has 1 fully saturated rings. The number of nitrogens with one attached hydrogen (secondary N) is 1. The number of para-hydroxylation sites is 1. The summed E-state index contributed by atoms with van der Waals surface area (Å²) in [4.78, 5) is 4.47. The average Bonchev–Trinajstić information content (AvgIpc) is 2.87. The Kier molecular flexibility index (Phi) is 4.36. The Bertz CT molecular complexity index is 579. The Morgan fingerprint density at radius 2 is 2.14 bits per heavy atom. The summed E-state index contributed by atoms with van der Waals surface area (Å²) in [6, 6.07) is 10.9. The lowest BCUT2D eigenvalue weighted by Gasteiger charge is -2.28. The maximum Gasteiger partial charge on any atom is 0.110 e. The third-order valence-electron chi connectivity index (χ3n) is 4.08. The third kappa shape index (κ3) is 3.34. The van der Waals surface area contributed by atoms with Gasteiger partial charge in [-0.15, -0.1) is 0 Å². The molecule has 1 aromatic carbocycles. The van der Waals surface area contributed by atoms with E-state index in [-0.39, 0.29) is 0 Å². The monoisotopic (exact) mass is 285 g/mol. The number of hydrogen-bond acceptors (Lipinski definition) is 3. The molecule has 2 unspecified atom stereocenters. The molecule has 4 heteroatoms. The molecule has 2 aromatic rings. The first-order valence-electron chi connectivity index (χ1n) is 7.67. The van der Waals surface area contributed by atoms with E-state index in [0.717, 1.165) is 31.8 Å². The van der Waals surface area contributed by atoms with Crippen LogP contribution in [0.1, 0.15) is 31.3 Å². The van der Waals surface area contributed by atoms with Crippen molar-refractivity contribution in [3.05, 3.63) is 48.0 Å². The normalized spacial score (nSPS) is 22.4. The topological polar surface area (TPSA) is 39.1 Å². The maximum atomic E-state index is 5.60. The summed E-state index contributed by atoms with van der Waals surface area (Å²) in [5.41, 5.74) is 2.38. The van der Waals surface area contributed by atoms with Crippen molar-refractivity contribution in [3.8, 4) is 5.69 Å². The molecular formula is C17H23N3O. The highest BCUT2D eigenvalue weighted by Gasteiger charge is 2.19. The Balaban J connectivity index is 1.72. The molecular weight excluding hydrogens is 262 g/mol. The largest absolute Gasteiger partial charge is 0.378 e. The lowest BCUT2D eigenvalue weighted by atomic mass is 10.0. The first kappa shape index (κ1) is 14.3. The highest BCUT2D eigenvalue weighted by atomic mass is 16.5. The zero-order chi connectivity index (χ0) is 14.7. The number of nitrogens with zero attached hydrogens (tertiary/aromatic N) is 2. The number of aromatic nitrogens is 2. The van der Waals surface area contributed by atoms with E-state index in [1.165, 1.54) is 11.4 Å². The van der Waals surface area contributed by atoms with Crippen LogP contribution in [0.2, 0.25) is 0 Å². The van der Waals surface area contributed by atoms with Gasteiger partial charge < -0.3 is 10.1 Å². The second kappa shape index (κ2) is 6.41. The molecule has 0 bridgehead atoms. The molecule has 1 aliphatic heterocycles. The van der Waals surface area contributed by atoms with E-state index in [2.05, 4.69) is 46.1 Å². The van der Waals surface area contributed by atoms with Gasteiger partial charge in [0.25, 0.3) is 0 Å². The minimum atomic E-state index is 0.358. The molecule has 3 rings (SSSR count).